The van der Waals surface area contributed by atoms with Gasteiger partial charge in [-0.15, -0.1) is 0 Å². The fraction of sp³-hybridized carbons (Fsp3) is 0.105. The summed E-state index contributed by atoms with van der Waals surface area (Å²) in [6, 6.07) is 35.9. The fourth-order valence-electron chi connectivity index (χ4n) is 5.00. The predicted octanol–water partition coefficient (Wildman–Crippen LogP) is 7.17. The second kappa shape index (κ2) is 13.7. The molecule has 0 saturated heterocycles. The van der Waals surface area contributed by atoms with Crippen LogP contribution in [-0.4, -0.2) is 50.3 Å². The summed E-state index contributed by atoms with van der Waals surface area (Å²) >= 11 is 0. The van der Waals surface area contributed by atoms with Gasteiger partial charge in [0, 0.05) is 0 Å². The monoisotopic (exact) mass is 612 g/mol. The number of benzene rings is 6. The Kier molecular flexibility index (Phi) is 8.97. The molecule has 8 nitrogen and oxygen atoms in total. The number of carbonyl (C=O) groups is 4. The van der Waals surface area contributed by atoms with E-state index in [9.17, 15) is 19.2 Å². The largest absolute Gasteiger partial charge is 0.458 e. The molecule has 6 aromatic carbocycles. The van der Waals surface area contributed by atoms with Crippen molar-refractivity contribution < 1.29 is 38.1 Å². The Labute approximate surface area is 264 Å². The molecule has 8 heteroatoms. The molecule has 0 saturated carbocycles. The van der Waals surface area contributed by atoms with Crippen molar-refractivity contribution in [2.75, 3.05) is 26.4 Å². The summed E-state index contributed by atoms with van der Waals surface area (Å²) < 4.78 is 21.1. The van der Waals surface area contributed by atoms with E-state index >= 15 is 0 Å². The van der Waals surface area contributed by atoms with Gasteiger partial charge in [-0.2, -0.15) is 0 Å². The first-order chi connectivity index (χ1) is 22.4. The highest BCUT2D eigenvalue weighted by Crippen LogP contribution is 2.20. The van der Waals surface area contributed by atoms with Crippen LogP contribution < -0.4 is 0 Å². The molecule has 228 valence electrons. The molecule has 0 atom stereocenters. The number of rotatable bonds is 10. The Bertz CT molecular complexity index is 1950. The minimum absolute atomic E-state index is 0.0842. The van der Waals surface area contributed by atoms with Crippen molar-refractivity contribution >= 4 is 56.2 Å². The minimum Gasteiger partial charge on any atom is -0.458 e. The van der Waals surface area contributed by atoms with Crippen molar-refractivity contribution in [3.8, 4) is 0 Å². The zero-order chi connectivity index (χ0) is 31.9. The zero-order valence-electron chi connectivity index (χ0n) is 24.6. The summed E-state index contributed by atoms with van der Waals surface area (Å²) in [5.74, 6) is -2.12. The van der Waals surface area contributed by atoms with Crippen LogP contribution in [0.5, 0.6) is 0 Å². The Hall–Kier alpha value is -6.02. The molecular formula is C38H28O8. The van der Waals surface area contributed by atoms with Crippen molar-refractivity contribution in [2.24, 2.45) is 0 Å². The van der Waals surface area contributed by atoms with Crippen LogP contribution in [-0.2, 0) is 18.9 Å². The van der Waals surface area contributed by atoms with Gasteiger partial charge in [0.05, 0.1) is 22.3 Å². The second-order valence-corrected chi connectivity index (χ2v) is 10.4. The lowest BCUT2D eigenvalue weighted by Gasteiger charge is -2.09. The number of carbonyl (C=O) groups excluding carboxylic acids is 4. The molecule has 0 fully saturated rings. The molecular weight excluding hydrogens is 584 g/mol. The van der Waals surface area contributed by atoms with Crippen LogP contribution in [0, 0.1) is 0 Å². The SMILES string of the molecule is O=C(OCCOC(=O)c1ccc2cc(C(=O)OCCOC(=O)c3ccc4ccccc4c3)ccc2c1)c1ccc2ccccc2c1. The van der Waals surface area contributed by atoms with Crippen LogP contribution >= 0.6 is 0 Å². The van der Waals surface area contributed by atoms with E-state index in [0.29, 0.717) is 22.3 Å². The second-order valence-electron chi connectivity index (χ2n) is 10.4. The van der Waals surface area contributed by atoms with Gasteiger partial charge in [0.2, 0.25) is 0 Å². The molecule has 0 spiro atoms. The molecule has 0 aliphatic heterocycles. The van der Waals surface area contributed by atoms with E-state index in [4.69, 9.17) is 18.9 Å². The van der Waals surface area contributed by atoms with Crippen LogP contribution in [0.2, 0.25) is 0 Å². The highest BCUT2D eigenvalue weighted by atomic mass is 16.6. The number of fused-ring (bicyclic) bond motifs is 3. The van der Waals surface area contributed by atoms with Gasteiger partial charge in [0.15, 0.2) is 0 Å². The summed E-state index contributed by atoms with van der Waals surface area (Å²) in [6.45, 7) is -0.366. The molecule has 6 aromatic rings. The molecule has 0 amide bonds. The van der Waals surface area contributed by atoms with Crippen molar-refractivity contribution in [3.63, 3.8) is 0 Å². The summed E-state index contributed by atoms with van der Waals surface area (Å²) in [7, 11) is 0. The molecule has 0 heterocycles. The van der Waals surface area contributed by atoms with Gasteiger partial charge in [-0.05, 0) is 80.8 Å². The lowest BCUT2D eigenvalue weighted by atomic mass is 10.0. The van der Waals surface area contributed by atoms with Gasteiger partial charge in [-0.1, -0.05) is 72.8 Å². The summed E-state index contributed by atoms with van der Waals surface area (Å²) in [6.07, 6.45) is 0. The predicted molar refractivity (Wildman–Crippen MR) is 173 cm³/mol. The molecule has 46 heavy (non-hydrogen) atoms. The Balaban J connectivity index is 0.954. The van der Waals surface area contributed by atoms with Crippen LogP contribution in [0.1, 0.15) is 41.4 Å². The molecule has 0 aliphatic rings. The fourth-order valence-corrected chi connectivity index (χ4v) is 5.00. The summed E-state index contributed by atoms with van der Waals surface area (Å²) in [5, 5.41) is 5.34. The van der Waals surface area contributed by atoms with Crippen LogP contribution in [0.4, 0.5) is 0 Å². The summed E-state index contributed by atoms with van der Waals surface area (Å²) in [5.41, 5.74) is 1.47. The zero-order valence-corrected chi connectivity index (χ0v) is 24.6. The van der Waals surface area contributed by atoms with E-state index in [-0.39, 0.29) is 26.4 Å². The van der Waals surface area contributed by atoms with Crippen LogP contribution in [0.25, 0.3) is 32.3 Å². The van der Waals surface area contributed by atoms with E-state index < -0.39 is 23.9 Å². The third-order valence-electron chi connectivity index (χ3n) is 7.38. The molecule has 0 aromatic heterocycles. The molecule has 0 unspecified atom stereocenters. The van der Waals surface area contributed by atoms with E-state index in [1.54, 1.807) is 60.7 Å². The standard InChI is InChI=1S/C38H28O8/c39-35(31-13-9-25-5-1-3-7-27(25)21-31)43-17-19-45-37(41)33-15-11-30-24-34(16-12-29(30)23-33)38(42)46-20-18-44-36(40)32-14-10-26-6-2-4-8-28(26)22-32/h1-16,21-24H,17-20H2. The number of esters is 4. The third-order valence-corrected chi connectivity index (χ3v) is 7.38. The lowest BCUT2D eigenvalue weighted by Crippen LogP contribution is -2.14. The van der Waals surface area contributed by atoms with E-state index in [1.165, 1.54) is 0 Å². The Morgan fingerprint density at radius 2 is 0.565 bits per heavy atom. The quantitative estimate of drug-likeness (QED) is 0.0911. The first-order valence-electron chi connectivity index (χ1n) is 14.6. The van der Waals surface area contributed by atoms with Crippen LogP contribution in [0.15, 0.2) is 121 Å². The van der Waals surface area contributed by atoms with E-state index in [0.717, 1.165) is 32.3 Å². The normalized spacial score (nSPS) is 10.9. The van der Waals surface area contributed by atoms with Gasteiger partial charge in [0.25, 0.3) is 0 Å². The third kappa shape index (κ3) is 7.03. The van der Waals surface area contributed by atoms with Gasteiger partial charge >= 0.3 is 23.9 Å². The van der Waals surface area contributed by atoms with E-state index in [2.05, 4.69) is 0 Å². The first kappa shape index (κ1) is 30.0. The van der Waals surface area contributed by atoms with Gasteiger partial charge in [-0.25, -0.2) is 19.2 Å². The minimum atomic E-state index is -0.564. The average Bonchev–Trinajstić information content (AvgIpc) is 3.10. The van der Waals surface area contributed by atoms with Crippen molar-refractivity contribution in [1.82, 2.24) is 0 Å². The molecule has 0 N–H and O–H groups in total. The van der Waals surface area contributed by atoms with Crippen LogP contribution in [0.3, 0.4) is 0 Å². The van der Waals surface area contributed by atoms with Crippen molar-refractivity contribution in [2.45, 2.75) is 0 Å². The first-order valence-corrected chi connectivity index (χ1v) is 14.6. The van der Waals surface area contributed by atoms with Crippen molar-refractivity contribution in [1.29, 1.82) is 0 Å². The van der Waals surface area contributed by atoms with Crippen molar-refractivity contribution in [3.05, 3.63) is 144 Å². The number of ether oxygens (including phenoxy) is 4. The summed E-state index contributed by atoms with van der Waals surface area (Å²) in [4.78, 5) is 50.0. The van der Waals surface area contributed by atoms with Gasteiger partial charge < -0.3 is 18.9 Å². The Morgan fingerprint density at radius 1 is 0.326 bits per heavy atom. The molecule has 0 bridgehead atoms. The highest BCUT2D eigenvalue weighted by Gasteiger charge is 2.14. The maximum absolute atomic E-state index is 12.6. The molecule has 0 aliphatic carbocycles. The molecule has 6 rings (SSSR count). The van der Waals surface area contributed by atoms with Gasteiger partial charge in [-0.3, -0.25) is 0 Å². The Morgan fingerprint density at radius 3 is 0.870 bits per heavy atom. The molecule has 0 radical (unpaired) electrons. The number of hydrogen-bond acceptors (Lipinski definition) is 8. The topological polar surface area (TPSA) is 105 Å². The van der Waals surface area contributed by atoms with E-state index in [1.807, 2.05) is 60.7 Å². The maximum atomic E-state index is 12.6. The van der Waals surface area contributed by atoms with Gasteiger partial charge in [0.1, 0.15) is 26.4 Å². The smallest absolute Gasteiger partial charge is 0.338 e. The number of hydrogen-bond donors (Lipinski definition) is 0. The highest BCUT2D eigenvalue weighted by molar-refractivity contribution is 5.99. The maximum Gasteiger partial charge on any atom is 0.338 e. The average molecular weight is 613 g/mol. The lowest BCUT2D eigenvalue weighted by molar-refractivity contribution is 0.0265.